The van der Waals surface area contributed by atoms with Crippen LogP contribution in [0.5, 0.6) is 5.75 Å². The van der Waals surface area contributed by atoms with Crippen LogP contribution in [0.2, 0.25) is 0 Å². The van der Waals surface area contributed by atoms with E-state index in [0.29, 0.717) is 4.47 Å². The van der Waals surface area contributed by atoms with Crippen molar-refractivity contribution in [3.8, 4) is 5.75 Å². The fourth-order valence-electron chi connectivity index (χ4n) is 1.66. The molecule has 0 bridgehead atoms. The molecule has 0 spiro atoms. The highest BCUT2D eigenvalue weighted by Gasteiger charge is 2.15. The van der Waals surface area contributed by atoms with Gasteiger partial charge in [-0.3, -0.25) is 14.9 Å². The molecule has 0 unspecified atom stereocenters. The zero-order valence-electron chi connectivity index (χ0n) is 11.4. The summed E-state index contributed by atoms with van der Waals surface area (Å²) >= 11 is 3.08. The van der Waals surface area contributed by atoms with Crippen LogP contribution >= 0.6 is 15.9 Å². The Hall–Kier alpha value is -2.55. The number of amides is 1. The third-order valence-electron chi connectivity index (χ3n) is 2.68. The number of anilines is 1. The average molecular weight is 387 g/mol. The molecular formula is C14H9BrF2N2O4. The number of hydrogen-bond donors (Lipinski definition) is 1. The number of carbonyl (C=O) groups excluding carboxylic acids is 1. The second-order valence-electron chi connectivity index (χ2n) is 4.33. The number of hydrogen-bond acceptors (Lipinski definition) is 4. The molecule has 6 nitrogen and oxygen atoms in total. The van der Waals surface area contributed by atoms with Gasteiger partial charge < -0.3 is 10.1 Å². The van der Waals surface area contributed by atoms with E-state index in [-0.39, 0.29) is 11.4 Å². The molecule has 1 N–H and O–H groups in total. The molecule has 120 valence electrons. The lowest BCUT2D eigenvalue weighted by molar-refractivity contribution is -0.387. The van der Waals surface area contributed by atoms with Crippen molar-refractivity contribution in [2.24, 2.45) is 0 Å². The molecule has 0 aromatic heterocycles. The molecule has 0 saturated heterocycles. The number of carbonyl (C=O) groups is 1. The van der Waals surface area contributed by atoms with Crippen LogP contribution in [0.4, 0.5) is 20.2 Å². The number of nitro groups is 1. The van der Waals surface area contributed by atoms with Gasteiger partial charge in [-0.2, -0.15) is 4.39 Å². The molecule has 2 aromatic rings. The maximum absolute atomic E-state index is 13.2. The first kappa shape index (κ1) is 16.8. The zero-order valence-corrected chi connectivity index (χ0v) is 13.0. The van der Waals surface area contributed by atoms with E-state index in [1.807, 2.05) is 0 Å². The van der Waals surface area contributed by atoms with Gasteiger partial charge in [0.15, 0.2) is 6.61 Å². The molecule has 0 aliphatic carbocycles. The standard InChI is InChI=1S/C14H9BrF2N2O4/c15-10-5-8(16)1-4-13(10)23-7-14(20)18-9-2-3-11(17)12(6-9)19(21)22/h1-6H,7H2,(H,18,20). The molecule has 0 radical (unpaired) electrons. The van der Waals surface area contributed by atoms with Crippen LogP contribution in [0.15, 0.2) is 40.9 Å². The Balaban J connectivity index is 2.00. The van der Waals surface area contributed by atoms with Crippen LogP contribution < -0.4 is 10.1 Å². The van der Waals surface area contributed by atoms with E-state index in [1.54, 1.807) is 0 Å². The minimum absolute atomic E-state index is 0.0601. The maximum Gasteiger partial charge on any atom is 0.306 e. The van der Waals surface area contributed by atoms with Gasteiger partial charge in [-0.05, 0) is 46.3 Å². The normalized spacial score (nSPS) is 10.2. The summed E-state index contributed by atoms with van der Waals surface area (Å²) in [7, 11) is 0. The zero-order chi connectivity index (χ0) is 17.0. The summed E-state index contributed by atoms with van der Waals surface area (Å²) in [5, 5.41) is 13.0. The van der Waals surface area contributed by atoms with Gasteiger partial charge in [0.1, 0.15) is 11.6 Å². The number of nitrogens with one attached hydrogen (secondary N) is 1. The molecule has 0 aliphatic rings. The quantitative estimate of drug-likeness (QED) is 0.627. The lowest BCUT2D eigenvalue weighted by Gasteiger charge is -2.09. The SMILES string of the molecule is O=C(COc1ccc(F)cc1Br)Nc1ccc(F)c([N+](=O)[O-])c1. The summed E-state index contributed by atoms with van der Waals surface area (Å²) in [5.74, 6) is -1.82. The number of nitro benzene ring substituents is 1. The van der Waals surface area contributed by atoms with E-state index in [1.165, 1.54) is 24.3 Å². The fourth-order valence-corrected chi connectivity index (χ4v) is 2.13. The summed E-state index contributed by atoms with van der Waals surface area (Å²) in [6.45, 7) is -0.407. The molecular weight excluding hydrogens is 378 g/mol. The molecule has 9 heteroatoms. The van der Waals surface area contributed by atoms with E-state index in [2.05, 4.69) is 21.2 Å². The summed E-state index contributed by atoms with van der Waals surface area (Å²) in [5.41, 5.74) is -0.685. The Morgan fingerprint density at radius 1 is 1.26 bits per heavy atom. The fraction of sp³-hybridized carbons (Fsp3) is 0.0714. The first-order valence-corrected chi connectivity index (χ1v) is 6.98. The Morgan fingerprint density at radius 3 is 2.65 bits per heavy atom. The van der Waals surface area contributed by atoms with Crippen LogP contribution in [0.1, 0.15) is 0 Å². The third-order valence-corrected chi connectivity index (χ3v) is 3.30. The van der Waals surface area contributed by atoms with Crippen LogP contribution in [-0.2, 0) is 4.79 Å². The van der Waals surface area contributed by atoms with Gasteiger partial charge in [-0.25, -0.2) is 4.39 Å². The van der Waals surface area contributed by atoms with Gasteiger partial charge >= 0.3 is 5.69 Å². The molecule has 0 aliphatic heterocycles. The van der Waals surface area contributed by atoms with Crippen molar-refractivity contribution in [2.45, 2.75) is 0 Å². The van der Waals surface area contributed by atoms with Crippen molar-refractivity contribution in [1.82, 2.24) is 0 Å². The lowest BCUT2D eigenvalue weighted by atomic mass is 10.2. The first-order chi connectivity index (χ1) is 10.9. The number of benzene rings is 2. The first-order valence-electron chi connectivity index (χ1n) is 6.18. The molecule has 0 heterocycles. The monoisotopic (exact) mass is 386 g/mol. The second kappa shape index (κ2) is 7.14. The van der Waals surface area contributed by atoms with E-state index >= 15 is 0 Å². The van der Waals surface area contributed by atoms with E-state index in [9.17, 15) is 23.7 Å². The highest BCUT2D eigenvalue weighted by atomic mass is 79.9. The van der Waals surface area contributed by atoms with E-state index in [0.717, 1.165) is 12.1 Å². The Bertz CT molecular complexity index is 770. The van der Waals surface area contributed by atoms with Gasteiger partial charge in [0.2, 0.25) is 5.82 Å². The van der Waals surface area contributed by atoms with Crippen molar-refractivity contribution in [2.75, 3.05) is 11.9 Å². The predicted molar refractivity (Wildman–Crippen MR) is 81.3 cm³/mol. The van der Waals surface area contributed by atoms with E-state index in [4.69, 9.17) is 4.74 Å². The molecule has 0 saturated carbocycles. The van der Waals surface area contributed by atoms with Gasteiger partial charge in [0.25, 0.3) is 5.91 Å². The average Bonchev–Trinajstić information content (AvgIpc) is 2.48. The second-order valence-corrected chi connectivity index (χ2v) is 5.19. The topological polar surface area (TPSA) is 81.5 Å². The van der Waals surface area contributed by atoms with Crippen molar-refractivity contribution in [1.29, 1.82) is 0 Å². The minimum Gasteiger partial charge on any atom is -0.483 e. The minimum atomic E-state index is -1.00. The number of ether oxygens (including phenoxy) is 1. The number of nitrogens with zero attached hydrogens (tertiary/aromatic N) is 1. The van der Waals surface area contributed by atoms with Gasteiger partial charge in [-0.15, -0.1) is 0 Å². The van der Waals surface area contributed by atoms with Crippen LogP contribution in [0.25, 0.3) is 0 Å². The van der Waals surface area contributed by atoms with Gasteiger partial charge in [-0.1, -0.05) is 0 Å². The Kier molecular flexibility index (Phi) is 5.22. The molecule has 1 amide bonds. The van der Waals surface area contributed by atoms with Crippen molar-refractivity contribution in [3.05, 3.63) is 62.6 Å². The summed E-state index contributed by atoms with van der Waals surface area (Å²) in [4.78, 5) is 21.5. The smallest absolute Gasteiger partial charge is 0.306 e. The molecule has 2 rings (SSSR count). The molecule has 2 aromatic carbocycles. The van der Waals surface area contributed by atoms with E-state index < -0.39 is 34.8 Å². The van der Waals surface area contributed by atoms with Crippen molar-refractivity contribution < 1.29 is 23.2 Å². The summed E-state index contributed by atoms with van der Waals surface area (Å²) in [6, 6.07) is 6.66. The van der Waals surface area contributed by atoms with Crippen LogP contribution in [-0.4, -0.2) is 17.4 Å². The molecule has 23 heavy (non-hydrogen) atoms. The maximum atomic E-state index is 13.2. The summed E-state index contributed by atoms with van der Waals surface area (Å²) in [6.07, 6.45) is 0. The van der Waals surface area contributed by atoms with Crippen molar-refractivity contribution >= 4 is 33.2 Å². The van der Waals surface area contributed by atoms with Crippen molar-refractivity contribution in [3.63, 3.8) is 0 Å². The summed E-state index contributed by atoms with van der Waals surface area (Å²) < 4.78 is 31.6. The molecule has 0 fully saturated rings. The Labute approximate surface area is 137 Å². The third kappa shape index (κ3) is 4.46. The number of rotatable bonds is 5. The van der Waals surface area contributed by atoms with Gasteiger partial charge in [0, 0.05) is 11.8 Å². The number of halogens is 3. The molecule has 0 atom stereocenters. The largest absolute Gasteiger partial charge is 0.483 e. The van der Waals surface area contributed by atoms with Crippen LogP contribution in [0.3, 0.4) is 0 Å². The highest BCUT2D eigenvalue weighted by Crippen LogP contribution is 2.25. The Morgan fingerprint density at radius 2 is 2.00 bits per heavy atom. The van der Waals surface area contributed by atoms with Crippen LogP contribution in [0, 0.1) is 21.7 Å². The predicted octanol–water partition coefficient (Wildman–Crippen LogP) is 3.65. The highest BCUT2D eigenvalue weighted by molar-refractivity contribution is 9.10. The lowest BCUT2D eigenvalue weighted by Crippen LogP contribution is -2.20. The van der Waals surface area contributed by atoms with Gasteiger partial charge in [0.05, 0.1) is 9.40 Å².